The minimum Gasteiger partial charge on any atom is -0.497 e. The third-order valence-corrected chi connectivity index (χ3v) is 5.26. The molecule has 0 saturated carbocycles. The van der Waals surface area contributed by atoms with Gasteiger partial charge in [0.1, 0.15) is 11.6 Å². The van der Waals surface area contributed by atoms with Gasteiger partial charge in [-0.15, -0.1) is 0 Å². The maximum atomic E-state index is 12.7. The highest BCUT2D eigenvalue weighted by Crippen LogP contribution is 2.24. The molecule has 0 saturated heterocycles. The molecule has 0 aliphatic rings. The lowest BCUT2D eigenvalue weighted by atomic mass is 10.0. The van der Waals surface area contributed by atoms with Crippen LogP contribution in [-0.2, 0) is 6.42 Å². The van der Waals surface area contributed by atoms with Crippen LogP contribution in [0.25, 0.3) is 11.3 Å². The Morgan fingerprint density at radius 1 is 1.00 bits per heavy atom. The van der Waals surface area contributed by atoms with E-state index < -0.39 is 0 Å². The van der Waals surface area contributed by atoms with Crippen molar-refractivity contribution in [1.29, 1.82) is 0 Å². The van der Waals surface area contributed by atoms with Crippen LogP contribution in [-0.4, -0.2) is 55.5 Å². The number of nitrogens with zero attached hydrogens (tertiary/aromatic N) is 3. The average Bonchev–Trinajstić information content (AvgIpc) is 2.90. The molecule has 35 heavy (non-hydrogen) atoms. The van der Waals surface area contributed by atoms with Crippen molar-refractivity contribution in [3.8, 4) is 23.0 Å². The number of methoxy groups -OCH3 is 2. The lowest BCUT2D eigenvalue weighted by molar-refractivity contribution is 0.104. The molecular formula is C28H36N4O3. The molecule has 0 bridgehead atoms. The van der Waals surface area contributed by atoms with E-state index in [1.54, 1.807) is 19.3 Å². The Hall–Kier alpha value is -3.87. The lowest BCUT2D eigenvalue weighted by Crippen LogP contribution is -2.10. The number of carbonyl (C=O) groups is 1. The number of benzene rings is 2. The largest absolute Gasteiger partial charge is 0.497 e. The molecule has 1 N–H and O–H groups in total. The normalized spacial score (nSPS) is 10.7. The Balaban J connectivity index is 0.00000210. The number of anilines is 1. The number of rotatable bonds is 10. The van der Waals surface area contributed by atoms with Gasteiger partial charge in [-0.3, -0.25) is 4.79 Å². The van der Waals surface area contributed by atoms with Crippen LogP contribution in [0.5, 0.6) is 11.8 Å². The second-order valence-electron chi connectivity index (χ2n) is 7.78. The summed E-state index contributed by atoms with van der Waals surface area (Å²) >= 11 is 0. The summed E-state index contributed by atoms with van der Waals surface area (Å²) in [5.41, 5.74) is 4.17. The van der Waals surface area contributed by atoms with Gasteiger partial charge < -0.3 is 19.7 Å². The number of hydrogen-bond donors (Lipinski definition) is 1. The van der Waals surface area contributed by atoms with Crippen molar-refractivity contribution in [2.75, 3.05) is 40.2 Å². The van der Waals surface area contributed by atoms with E-state index in [2.05, 4.69) is 15.3 Å². The number of hydrogen-bond acceptors (Lipinski definition) is 7. The number of ether oxygens (including phenoxy) is 2. The lowest BCUT2D eigenvalue weighted by Gasteiger charge is -2.12. The van der Waals surface area contributed by atoms with E-state index >= 15 is 0 Å². The van der Waals surface area contributed by atoms with E-state index in [1.807, 2.05) is 88.3 Å². The smallest absolute Gasteiger partial charge is 0.318 e. The standard InChI is InChI=1S/C26H30N4O3.C2H6/c1-18(30(2)3)15-24(31)21-8-6-7-20(16-21)23-17-25(29-26(28-23)33-5)27-14-13-19-9-11-22(32-4)12-10-19;1-2/h6-12,15-17H,13-14H2,1-5H3,(H,27,28,29);1-2H3/b18-15+;. The summed E-state index contributed by atoms with van der Waals surface area (Å²) in [6.07, 6.45) is 2.46. The molecule has 0 spiro atoms. The van der Waals surface area contributed by atoms with Crippen molar-refractivity contribution < 1.29 is 14.3 Å². The number of allylic oxidation sites excluding steroid dienone is 2. The highest BCUT2D eigenvalue weighted by Gasteiger charge is 2.10. The molecule has 7 heteroatoms. The van der Waals surface area contributed by atoms with Crippen LogP contribution in [0, 0.1) is 0 Å². The first kappa shape index (κ1) is 27.4. The first-order valence-electron chi connectivity index (χ1n) is 11.7. The number of nitrogens with one attached hydrogen (secondary N) is 1. The van der Waals surface area contributed by atoms with Crippen LogP contribution in [0.1, 0.15) is 36.7 Å². The van der Waals surface area contributed by atoms with Crippen molar-refractivity contribution in [3.63, 3.8) is 0 Å². The Morgan fingerprint density at radius 3 is 2.34 bits per heavy atom. The van der Waals surface area contributed by atoms with E-state index in [0.29, 0.717) is 23.6 Å². The summed E-state index contributed by atoms with van der Waals surface area (Å²) in [5.74, 6) is 1.44. The number of ketones is 1. The molecule has 1 heterocycles. The van der Waals surface area contributed by atoms with Gasteiger partial charge in [0, 0.05) is 49.6 Å². The summed E-state index contributed by atoms with van der Waals surface area (Å²) in [6, 6.07) is 17.5. The topological polar surface area (TPSA) is 76.6 Å². The SMILES string of the molecule is CC.COc1ccc(CCNc2cc(-c3cccc(C(=O)/C=C(\C)N(C)C)c3)nc(OC)n2)cc1. The third kappa shape index (κ3) is 8.14. The summed E-state index contributed by atoms with van der Waals surface area (Å²) in [6.45, 7) is 6.60. The highest BCUT2D eigenvalue weighted by atomic mass is 16.5. The molecule has 0 aliphatic carbocycles. The molecule has 3 aromatic rings. The van der Waals surface area contributed by atoms with Gasteiger partial charge in [0.25, 0.3) is 0 Å². The first-order valence-corrected chi connectivity index (χ1v) is 11.7. The van der Waals surface area contributed by atoms with E-state index in [0.717, 1.165) is 23.4 Å². The van der Waals surface area contributed by atoms with Crippen LogP contribution >= 0.6 is 0 Å². The molecular weight excluding hydrogens is 440 g/mol. The van der Waals surface area contributed by atoms with Gasteiger partial charge in [-0.1, -0.05) is 44.2 Å². The zero-order valence-electron chi connectivity index (χ0n) is 21.8. The van der Waals surface area contributed by atoms with Crippen LogP contribution in [0.4, 0.5) is 5.82 Å². The van der Waals surface area contributed by atoms with Crippen LogP contribution in [0.2, 0.25) is 0 Å². The summed E-state index contributed by atoms with van der Waals surface area (Å²) in [7, 11) is 7.01. The highest BCUT2D eigenvalue weighted by molar-refractivity contribution is 6.05. The minimum atomic E-state index is -0.0538. The third-order valence-electron chi connectivity index (χ3n) is 5.26. The molecule has 186 valence electrons. The van der Waals surface area contributed by atoms with Gasteiger partial charge in [0.15, 0.2) is 5.78 Å². The molecule has 0 unspecified atom stereocenters. The number of carbonyl (C=O) groups excluding carboxylic acids is 1. The van der Waals surface area contributed by atoms with Crippen molar-refractivity contribution in [1.82, 2.24) is 14.9 Å². The zero-order chi connectivity index (χ0) is 25.8. The molecule has 0 fully saturated rings. The fourth-order valence-electron chi connectivity index (χ4n) is 3.12. The molecule has 0 radical (unpaired) electrons. The van der Waals surface area contributed by atoms with E-state index in [1.165, 1.54) is 12.7 Å². The maximum Gasteiger partial charge on any atom is 0.318 e. The van der Waals surface area contributed by atoms with E-state index in [-0.39, 0.29) is 11.8 Å². The Kier molecular flexibility index (Phi) is 10.8. The van der Waals surface area contributed by atoms with E-state index in [9.17, 15) is 4.79 Å². The van der Waals surface area contributed by atoms with E-state index in [4.69, 9.17) is 9.47 Å². The predicted molar refractivity (Wildman–Crippen MR) is 142 cm³/mol. The molecule has 0 atom stereocenters. The average molecular weight is 477 g/mol. The van der Waals surface area contributed by atoms with Gasteiger partial charge in [0.2, 0.25) is 0 Å². The van der Waals surface area contributed by atoms with Crippen molar-refractivity contribution in [3.05, 3.63) is 77.5 Å². The van der Waals surface area contributed by atoms with Gasteiger partial charge >= 0.3 is 6.01 Å². The fourth-order valence-corrected chi connectivity index (χ4v) is 3.12. The van der Waals surface area contributed by atoms with Crippen molar-refractivity contribution in [2.24, 2.45) is 0 Å². The Bertz CT molecular complexity index is 1130. The molecule has 7 nitrogen and oxygen atoms in total. The summed E-state index contributed by atoms with van der Waals surface area (Å²) in [5, 5.41) is 3.34. The maximum absolute atomic E-state index is 12.7. The zero-order valence-corrected chi connectivity index (χ0v) is 21.8. The van der Waals surface area contributed by atoms with Crippen LogP contribution < -0.4 is 14.8 Å². The predicted octanol–water partition coefficient (Wildman–Crippen LogP) is 5.49. The molecule has 2 aromatic carbocycles. The van der Waals surface area contributed by atoms with Gasteiger partial charge in [-0.05, 0) is 37.1 Å². The molecule has 0 aliphatic heterocycles. The second kappa shape index (κ2) is 13.7. The fraction of sp³-hybridized carbons (Fsp3) is 0.321. The second-order valence-corrected chi connectivity index (χ2v) is 7.78. The molecule has 3 rings (SSSR count). The number of aromatic nitrogens is 2. The summed E-state index contributed by atoms with van der Waals surface area (Å²) in [4.78, 5) is 23.5. The quantitative estimate of drug-likeness (QED) is 0.306. The molecule has 1 aromatic heterocycles. The van der Waals surface area contributed by atoms with Crippen LogP contribution in [0.15, 0.2) is 66.4 Å². The first-order chi connectivity index (χ1) is 16.9. The molecule has 0 amide bonds. The van der Waals surface area contributed by atoms with Gasteiger partial charge in [0.05, 0.1) is 19.9 Å². The monoisotopic (exact) mass is 476 g/mol. The van der Waals surface area contributed by atoms with Gasteiger partial charge in [-0.2, -0.15) is 9.97 Å². The van der Waals surface area contributed by atoms with Gasteiger partial charge in [-0.25, -0.2) is 0 Å². The van der Waals surface area contributed by atoms with Crippen molar-refractivity contribution in [2.45, 2.75) is 27.2 Å². The summed E-state index contributed by atoms with van der Waals surface area (Å²) < 4.78 is 10.5. The Labute approximate surface area is 208 Å². The van der Waals surface area contributed by atoms with Crippen molar-refractivity contribution >= 4 is 11.6 Å². The minimum absolute atomic E-state index is 0.0538. The van der Waals surface area contributed by atoms with Crippen LogP contribution in [0.3, 0.4) is 0 Å². The Morgan fingerprint density at radius 2 is 1.71 bits per heavy atom.